The molecule has 1 saturated heterocycles. The summed E-state index contributed by atoms with van der Waals surface area (Å²) >= 11 is 0. The smallest absolute Gasteiger partial charge is 0.459 e. The molecule has 0 aliphatic carbocycles. The topological polar surface area (TPSA) is 156 Å². The number of rotatable bonds is 10. The van der Waals surface area contributed by atoms with Gasteiger partial charge in [0.15, 0.2) is 11.9 Å². The van der Waals surface area contributed by atoms with Crippen molar-refractivity contribution >= 4 is 19.6 Å². The number of amides is 1. The average Bonchev–Trinajstić information content (AvgIpc) is 3.01. The summed E-state index contributed by atoms with van der Waals surface area (Å²) in [6.07, 6.45) is -4.46. The van der Waals surface area contributed by atoms with Gasteiger partial charge in [-0.1, -0.05) is 18.2 Å². The first kappa shape index (κ1) is 28.0. The molecule has 1 aromatic carbocycles. The Bertz CT molecular complexity index is 1010. The van der Waals surface area contributed by atoms with Crippen LogP contribution in [0, 0.1) is 0 Å². The van der Waals surface area contributed by atoms with Crippen molar-refractivity contribution in [1.29, 1.82) is 0 Å². The number of ether oxygens (including phenoxy) is 2. The molecular formula is C22H31FN3O9P. The van der Waals surface area contributed by atoms with Crippen molar-refractivity contribution in [3.05, 3.63) is 42.6 Å². The third-order valence-corrected chi connectivity index (χ3v) is 7.02. The fourth-order valence-electron chi connectivity index (χ4n) is 3.57. The molecule has 0 aromatic heterocycles. The summed E-state index contributed by atoms with van der Waals surface area (Å²) in [4.78, 5) is 24.6. The second-order valence-electron chi connectivity index (χ2n) is 8.80. The largest absolute Gasteiger partial charge is 0.462 e. The Kier molecular flexibility index (Phi) is 8.75. The zero-order valence-electron chi connectivity index (χ0n) is 20.2. The maximum atomic E-state index is 15.5. The number of aliphatic hydroxyl groups is 2. The summed E-state index contributed by atoms with van der Waals surface area (Å²) in [5, 5.41) is 25.4. The van der Waals surface area contributed by atoms with E-state index < -0.39 is 68.8 Å². The molecule has 4 N–H and O–H groups in total. The second-order valence-corrected chi connectivity index (χ2v) is 10.5. The quantitative estimate of drug-likeness (QED) is 0.254. The standard InChI is InChI=1S/C22H31FN3O9P/c1-13(2)33-19(29)14(3)25-36(31,35-15-8-6-5-7-9-15)32-12-16-18(28)22(4,23)20(34-16)26-11-10-17(27)24-21(26)30/h5-11,13-14,16,18,20-21,28,30H,12H2,1-4H3,(H,24,27)(H,25,31)/t14-,16+,18+,20+,21?,22+,36-/m0/s1. The number of alkyl halides is 1. The molecule has 1 unspecified atom stereocenters. The molecule has 2 heterocycles. The maximum Gasteiger partial charge on any atom is 0.459 e. The number of para-hydroxylation sites is 1. The van der Waals surface area contributed by atoms with Crippen molar-refractivity contribution in [2.24, 2.45) is 0 Å². The SMILES string of the molecule is CC(C)OC(=O)[C@H](C)N[P@](=O)(OC[C@H]1O[C@@H](N2C=CC(=O)NC2O)[C@](C)(F)[C@@H]1O)Oc1ccccc1. The summed E-state index contributed by atoms with van der Waals surface area (Å²) in [7, 11) is -4.29. The molecule has 0 bridgehead atoms. The van der Waals surface area contributed by atoms with Crippen LogP contribution in [0.2, 0.25) is 0 Å². The van der Waals surface area contributed by atoms with Crippen molar-refractivity contribution < 1.29 is 47.3 Å². The first-order valence-electron chi connectivity index (χ1n) is 11.3. The van der Waals surface area contributed by atoms with E-state index >= 15 is 4.39 Å². The molecule has 1 aromatic rings. The summed E-state index contributed by atoms with van der Waals surface area (Å²) in [5.74, 6) is -1.13. The highest BCUT2D eigenvalue weighted by molar-refractivity contribution is 7.52. The first-order valence-corrected chi connectivity index (χ1v) is 12.8. The molecule has 1 amide bonds. The number of aliphatic hydroxyl groups excluding tert-OH is 2. The van der Waals surface area contributed by atoms with Gasteiger partial charge in [-0.3, -0.25) is 14.1 Å². The van der Waals surface area contributed by atoms with Gasteiger partial charge in [-0.15, -0.1) is 0 Å². The Morgan fingerprint density at radius 1 is 1.31 bits per heavy atom. The van der Waals surface area contributed by atoms with E-state index in [9.17, 15) is 24.4 Å². The highest BCUT2D eigenvalue weighted by Crippen LogP contribution is 2.46. The highest BCUT2D eigenvalue weighted by atomic mass is 31.2. The Morgan fingerprint density at radius 3 is 2.58 bits per heavy atom. The van der Waals surface area contributed by atoms with Gasteiger partial charge in [-0.2, -0.15) is 5.09 Å². The van der Waals surface area contributed by atoms with Crippen LogP contribution < -0.4 is 14.9 Å². The lowest BCUT2D eigenvalue weighted by Gasteiger charge is -2.37. The average molecular weight is 531 g/mol. The summed E-state index contributed by atoms with van der Waals surface area (Å²) in [5.41, 5.74) is -2.42. The zero-order chi connectivity index (χ0) is 26.7. The molecule has 0 radical (unpaired) electrons. The van der Waals surface area contributed by atoms with Gasteiger partial charge in [0.25, 0.3) is 0 Å². The minimum Gasteiger partial charge on any atom is -0.462 e. The van der Waals surface area contributed by atoms with E-state index in [0.717, 1.165) is 24.1 Å². The second kappa shape index (κ2) is 11.2. The van der Waals surface area contributed by atoms with E-state index in [1.165, 1.54) is 19.1 Å². The van der Waals surface area contributed by atoms with E-state index in [4.69, 9.17) is 18.5 Å². The number of hydrogen-bond donors (Lipinski definition) is 4. The molecule has 12 nitrogen and oxygen atoms in total. The van der Waals surface area contributed by atoms with Crippen molar-refractivity contribution in [3.63, 3.8) is 0 Å². The van der Waals surface area contributed by atoms with Crippen molar-refractivity contribution in [2.75, 3.05) is 6.61 Å². The first-order chi connectivity index (χ1) is 16.8. The van der Waals surface area contributed by atoms with Gasteiger partial charge in [0.2, 0.25) is 12.3 Å². The van der Waals surface area contributed by atoms with Gasteiger partial charge in [0.1, 0.15) is 24.0 Å². The van der Waals surface area contributed by atoms with Gasteiger partial charge in [0, 0.05) is 12.3 Å². The number of halogens is 1. The van der Waals surface area contributed by atoms with Crippen LogP contribution in [-0.2, 0) is 28.2 Å². The minimum absolute atomic E-state index is 0.163. The predicted octanol–water partition coefficient (Wildman–Crippen LogP) is 1.16. The fourth-order valence-corrected chi connectivity index (χ4v) is 5.07. The minimum atomic E-state index is -4.29. The Labute approximate surface area is 207 Å². The third-order valence-electron chi connectivity index (χ3n) is 5.37. The van der Waals surface area contributed by atoms with E-state index in [-0.39, 0.29) is 5.75 Å². The Hall–Kier alpha value is -2.54. The Balaban J connectivity index is 1.75. The van der Waals surface area contributed by atoms with Crippen molar-refractivity contribution in [2.45, 2.75) is 70.3 Å². The lowest BCUT2D eigenvalue weighted by molar-refractivity contribution is -0.158. The number of carbonyl (C=O) groups is 2. The number of hydrogen-bond acceptors (Lipinski definition) is 10. The van der Waals surface area contributed by atoms with Crippen LogP contribution >= 0.6 is 7.75 Å². The van der Waals surface area contributed by atoms with Gasteiger partial charge >= 0.3 is 13.7 Å². The van der Waals surface area contributed by atoms with Crippen LogP contribution in [0.1, 0.15) is 27.7 Å². The van der Waals surface area contributed by atoms with Crippen LogP contribution in [0.5, 0.6) is 5.75 Å². The predicted molar refractivity (Wildman–Crippen MR) is 124 cm³/mol. The monoisotopic (exact) mass is 531 g/mol. The molecule has 36 heavy (non-hydrogen) atoms. The van der Waals surface area contributed by atoms with Crippen LogP contribution in [0.15, 0.2) is 42.6 Å². The number of esters is 1. The van der Waals surface area contributed by atoms with Gasteiger partial charge in [0.05, 0.1) is 12.7 Å². The normalized spacial score (nSPS) is 30.6. The molecule has 14 heteroatoms. The summed E-state index contributed by atoms with van der Waals surface area (Å²) in [6.45, 7) is 5.17. The highest BCUT2D eigenvalue weighted by Gasteiger charge is 2.57. The van der Waals surface area contributed by atoms with E-state index in [0.29, 0.717) is 0 Å². The molecule has 200 valence electrons. The van der Waals surface area contributed by atoms with Crippen LogP contribution in [0.25, 0.3) is 0 Å². The van der Waals surface area contributed by atoms with Crippen LogP contribution in [0.3, 0.4) is 0 Å². The molecule has 0 spiro atoms. The number of carbonyl (C=O) groups excluding carboxylic acids is 2. The zero-order valence-corrected chi connectivity index (χ0v) is 21.1. The van der Waals surface area contributed by atoms with Crippen molar-refractivity contribution in [1.82, 2.24) is 15.3 Å². The lowest BCUT2D eigenvalue weighted by atomic mass is 9.98. The molecule has 3 rings (SSSR count). The van der Waals surface area contributed by atoms with Gasteiger partial charge in [-0.25, -0.2) is 8.96 Å². The molecule has 2 aliphatic rings. The van der Waals surface area contributed by atoms with E-state index in [1.807, 2.05) is 0 Å². The third kappa shape index (κ3) is 6.61. The Morgan fingerprint density at radius 2 is 1.97 bits per heavy atom. The molecule has 1 fully saturated rings. The lowest BCUT2D eigenvalue weighted by Crippen LogP contribution is -2.58. The molecular weight excluding hydrogens is 500 g/mol. The van der Waals surface area contributed by atoms with Crippen molar-refractivity contribution in [3.8, 4) is 5.75 Å². The number of nitrogens with one attached hydrogen (secondary N) is 2. The van der Waals surface area contributed by atoms with Crippen LogP contribution in [0.4, 0.5) is 4.39 Å². The molecule has 2 aliphatic heterocycles. The summed E-state index contributed by atoms with van der Waals surface area (Å²) < 4.78 is 50.8. The van der Waals surface area contributed by atoms with Gasteiger partial charge in [-0.05, 0) is 39.8 Å². The van der Waals surface area contributed by atoms with E-state index in [1.54, 1.807) is 32.0 Å². The summed E-state index contributed by atoms with van der Waals surface area (Å²) in [6, 6.07) is 6.91. The van der Waals surface area contributed by atoms with Gasteiger partial charge < -0.3 is 34.4 Å². The number of nitrogens with zero attached hydrogens (tertiary/aromatic N) is 1. The maximum absolute atomic E-state index is 15.5. The molecule has 7 atom stereocenters. The fraction of sp³-hybridized carbons (Fsp3) is 0.545. The van der Waals surface area contributed by atoms with E-state index in [2.05, 4.69) is 10.4 Å². The number of benzene rings is 1. The molecule has 0 saturated carbocycles. The van der Waals surface area contributed by atoms with Crippen LogP contribution in [-0.4, -0.2) is 76.2 Å².